The quantitative estimate of drug-likeness (QED) is 0.892. The average molecular weight is 307 g/mol. The predicted molar refractivity (Wildman–Crippen MR) is 84.3 cm³/mol. The molecule has 0 amide bonds. The van der Waals surface area contributed by atoms with Crippen LogP contribution in [0.25, 0.3) is 11.3 Å². The number of rotatable bonds is 4. The van der Waals surface area contributed by atoms with Crippen molar-refractivity contribution in [3.05, 3.63) is 51.6 Å². The molecule has 104 valence electrons. The van der Waals surface area contributed by atoms with Gasteiger partial charge in [-0.15, -0.1) is 0 Å². The van der Waals surface area contributed by atoms with Gasteiger partial charge in [0.15, 0.2) is 0 Å². The zero-order chi connectivity index (χ0) is 14.1. The second kappa shape index (κ2) is 5.72. The van der Waals surface area contributed by atoms with Crippen LogP contribution in [0.4, 0.5) is 0 Å². The minimum absolute atomic E-state index is 0.558. The van der Waals surface area contributed by atoms with Crippen LogP contribution >= 0.6 is 23.2 Å². The number of aryl methyl sites for hydroxylation is 1. The highest BCUT2D eigenvalue weighted by molar-refractivity contribution is 6.42. The molecule has 3 rings (SSSR count). The van der Waals surface area contributed by atoms with E-state index in [1.54, 1.807) is 6.07 Å². The van der Waals surface area contributed by atoms with Crippen LogP contribution in [0.5, 0.6) is 0 Å². The van der Waals surface area contributed by atoms with Crippen LogP contribution in [-0.2, 0) is 6.54 Å². The lowest BCUT2D eigenvalue weighted by atomic mass is 10.1. The third kappa shape index (κ3) is 3.14. The summed E-state index contributed by atoms with van der Waals surface area (Å²) in [5.74, 6) is 0. The second-order valence-corrected chi connectivity index (χ2v) is 6.04. The Morgan fingerprint density at radius 2 is 1.95 bits per heavy atom. The van der Waals surface area contributed by atoms with Crippen molar-refractivity contribution in [3.8, 4) is 11.3 Å². The molecule has 1 aliphatic rings. The van der Waals surface area contributed by atoms with E-state index in [9.17, 15) is 0 Å². The van der Waals surface area contributed by atoms with E-state index < -0.39 is 0 Å². The van der Waals surface area contributed by atoms with Crippen LogP contribution in [0, 0.1) is 6.92 Å². The topological polar surface area (TPSA) is 24.9 Å². The van der Waals surface area contributed by atoms with Gasteiger partial charge in [0.2, 0.25) is 0 Å². The highest BCUT2D eigenvalue weighted by Gasteiger charge is 2.20. The lowest BCUT2D eigenvalue weighted by Crippen LogP contribution is -2.16. The molecule has 4 heteroatoms. The van der Waals surface area contributed by atoms with Gasteiger partial charge in [-0.1, -0.05) is 35.3 Å². The maximum absolute atomic E-state index is 6.06. The van der Waals surface area contributed by atoms with Crippen LogP contribution in [0.15, 0.2) is 30.3 Å². The fraction of sp³-hybridized carbons (Fsp3) is 0.312. The van der Waals surface area contributed by atoms with Gasteiger partial charge in [-0.05, 0) is 43.5 Å². The van der Waals surface area contributed by atoms with E-state index in [0.717, 1.165) is 23.5 Å². The summed E-state index contributed by atoms with van der Waals surface area (Å²) in [4.78, 5) is 4.67. The highest BCUT2D eigenvalue weighted by atomic mass is 35.5. The van der Waals surface area contributed by atoms with Gasteiger partial charge >= 0.3 is 0 Å². The number of halogens is 2. The van der Waals surface area contributed by atoms with Crippen LogP contribution in [0.1, 0.15) is 24.1 Å². The molecule has 0 unspecified atom stereocenters. The summed E-state index contributed by atoms with van der Waals surface area (Å²) in [5.41, 5.74) is 4.22. The summed E-state index contributed by atoms with van der Waals surface area (Å²) < 4.78 is 0. The Morgan fingerprint density at radius 3 is 2.60 bits per heavy atom. The summed E-state index contributed by atoms with van der Waals surface area (Å²) in [6.07, 6.45) is 2.60. The van der Waals surface area contributed by atoms with Gasteiger partial charge in [0.1, 0.15) is 0 Å². The van der Waals surface area contributed by atoms with Crippen LogP contribution < -0.4 is 5.32 Å². The number of nitrogens with zero attached hydrogens (tertiary/aromatic N) is 1. The molecule has 1 aromatic carbocycles. The maximum Gasteiger partial charge on any atom is 0.0705 e. The van der Waals surface area contributed by atoms with Crippen molar-refractivity contribution in [2.75, 3.05) is 0 Å². The molecule has 20 heavy (non-hydrogen) atoms. The number of nitrogens with one attached hydrogen (secondary N) is 1. The molecule has 0 saturated heterocycles. The molecule has 0 bridgehead atoms. The molecule has 1 fully saturated rings. The van der Waals surface area contributed by atoms with Crippen molar-refractivity contribution < 1.29 is 0 Å². The molecule has 1 N–H and O–H groups in total. The Balaban J connectivity index is 1.82. The minimum Gasteiger partial charge on any atom is -0.310 e. The molecular formula is C16H16Cl2N2. The van der Waals surface area contributed by atoms with Gasteiger partial charge in [-0.3, -0.25) is 4.98 Å². The predicted octanol–water partition coefficient (Wildman–Crippen LogP) is 4.62. The average Bonchev–Trinajstić information content (AvgIpc) is 3.24. The molecule has 0 aliphatic heterocycles. The van der Waals surface area contributed by atoms with Crippen molar-refractivity contribution in [1.82, 2.24) is 10.3 Å². The smallest absolute Gasteiger partial charge is 0.0705 e. The molecule has 2 aromatic rings. The Hall–Kier alpha value is -1.09. The molecular weight excluding hydrogens is 291 g/mol. The van der Waals surface area contributed by atoms with Gasteiger partial charge in [0.25, 0.3) is 0 Å². The fourth-order valence-corrected chi connectivity index (χ4v) is 2.43. The Kier molecular flexibility index (Phi) is 3.97. The monoisotopic (exact) mass is 306 g/mol. The number of benzene rings is 1. The third-order valence-electron chi connectivity index (χ3n) is 3.57. The largest absolute Gasteiger partial charge is 0.310 e. The van der Waals surface area contributed by atoms with Crippen LogP contribution in [-0.4, -0.2) is 11.0 Å². The van der Waals surface area contributed by atoms with E-state index in [-0.39, 0.29) is 0 Å². The van der Waals surface area contributed by atoms with Gasteiger partial charge in [0.05, 0.1) is 15.7 Å². The Morgan fingerprint density at radius 1 is 1.15 bits per heavy atom. The molecule has 0 radical (unpaired) electrons. The zero-order valence-electron chi connectivity index (χ0n) is 11.3. The van der Waals surface area contributed by atoms with E-state index in [1.165, 1.54) is 18.4 Å². The van der Waals surface area contributed by atoms with Gasteiger partial charge in [0, 0.05) is 23.8 Å². The Bertz CT molecular complexity index is 636. The van der Waals surface area contributed by atoms with Gasteiger partial charge in [-0.2, -0.15) is 0 Å². The number of aromatic nitrogens is 1. The standard InChI is InChI=1S/C16H16Cl2N2/c1-10-12(9-19-13-4-5-13)3-7-16(20-10)11-2-6-14(17)15(18)8-11/h2-3,6-8,13,19H,4-5,9H2,1H3. The van der Waals surface area contributed by atoms with Gasteiger partial charge < -0.3 is 5.32 Å². The number of hydrogen-bond acceptors (Lipinski definition) is 2. The van der Waals surface area contributed by atoms with E-state index in [4.69, 9.17) is 23.2 Å². The fourth-order valence-electron chi connectivity index (χ4n) is 2.13. The molecule has 1 aliphatic carbocycles. The number of hydrogen-bond donors (Lipinski definition) is 1. The molecule has 0 spiro atoms. The van der Waals surface area contributed by atoms with Crippen molar-refractivity contribution in [2.45, 2.75) is 32.4 Å². The maximum atomic E-state index is 6.06. The van der Waals surface area contributed by atoms with Crippen LogP contribution in [0.3, 0.4) is 0 Å². The van der Waals surface area contributed by atoms with Crippen molar-refractivity contribution in [1.29, 1.82) is 0 Å². The first-order valence-corrected chi connectivity index (χ1v) is 7.54. The summed E-state index contributed by atoms with van der Waals surface area (Å²) in [6.45, 7) is 2.94. The first-order chi connectivity index (χ1) is 9.63. The zero-order valence-corrected chi connectivity index (χ0v) is 12.8. The molecule has 1 saturated carbocycles. The molecule has 2 nitrogen and oxygen atoms in total. The van der Waals surface area contributed by atoms with E-state index in [2.05, 4.69) is 16.4 Å². The lowest BCUT2D eigenvalue weighted by Gasteiger charge is -2.09. The molecule has 1 aromatic heterocycles. The first-order valence-electron chi connectivity index (χ1n) is 6.79. The second-order valence-electron chi connectivity index (χ2n) is 5.23. The summed E-state index contributed by atoms with van der Waals surface area (Å²) >= 11 is 12.0. The van der Waals surface area contributed by atoms with Crippen LogP contribution in [0.2, 0.25) is 10.0 Å². The van der Waals surface area contributed by atoms with Crippen molar-refractivity contribution in [3.63, 3.8) is 0 Å². The van der Waals surface area contributed by atoms with E-state index in [0.29, 0.717) is 16.1 Å². The minimum atomic E-state index is 0.558. The van der Waals surface area contributed by atoms with E-state index >= 15 is 0 Å². The van der Waals surface area contributed by atoms with Crippen molar-refractivity contribution in [2.24, 2.45) is 0 Å². The van der Waals surface area contributed by atoms with E-state index in [1.807, 2.05) is 25.1 Å². The third-order valence-corrected chi connectivity index (χ3v) is 4.31. The Labute approximate surface area is 129 Å². The number of pyridine rings is 1. The summed E-state index contributed by atoms with van der Waals surface area (Å²) in [6, 6.07) is 10.5. The summed E-state index contributed by atoms with van der Waals surface area (Å²) in [5, 5.41) is 4.64. The SMILES string of the molecule is Cc1nc(-c2ccc(Cl)c(Cl)c2)ccc1CNC1CC1. The molecule has 1 heterocycles. The molecule has 0 atom stereocenters. The van der Waals surface area contributed by atoms with Crippen molar-refractivity contribution >= 4 is 23.2 Å². The van der Waals surface area contributed by atoms with Gasteiger partial charge in [-0.25, -0.2) is 0 Å². The summed E-state index contributed by atoms with van der Waals surface area (Å²) in [7, 11) is 0. The highest BCUT2D eigenvalue weighted by Crippen LogP contribution is 2.28. The first kappa shape index (κ1) is 13.9. The lowest BCUT2D eigenvalue weighted by molar-refractivity contribution is 0.682. The normalized spacial score (nSPS) is 14.6.